The van der Waals surface area contributed by atoms with Gasteiger partial charge in [0.25, 0.3) is 0 Å². The Morgan fingerprint density at radius 1 is 1.26 bits per heavy atom. The van der Waals surface area contributed by atoms with E-state index in [-0.39, 0.29) is 12.6 Å². The SMILES string of the molecule is Cc1ccc(C(C)(O)CNC(=O)Nc2ccccc2N(C)C)o1. The lowest BCUT2D eigenvalue weighted by atomic mass is 10.0. The minimum atomic E-state index is -1.27. The molecule has 0 radical (unpaired) electrons. The van der Waals surface area contributed by atoms with Crippen molar-refractivity contribution in [2.24, 2.45) is 0 Å². The van der Waals surface area contributed by atoms with Gasteiger partial charge >= 0.3 is 6.03 Å². The van der Waals surface area contributed by atoms with E-state index in [4.69, 9.17) is 4.42 Å². The quantitative estimate of drug-likeness (QED) is 0.792. The summed E-state index contributed by atoms with van der Waals surface area (Å²) >= 11 is 0. The number of hydrogen-bond donors (Lipinski definition) is 3. The van der Waals surface area contributed by atoms with Gasteiger partial charge in [0.05, 0.1) is 17.9 Å². The van der Waals surface area contributed by atoms with Gasteiger partial charge in [-0.25, -0.2) is 4.79 Å². The Labute approximate surface area is 136 Å². The van der Waals surface area contributed by atoms with E-state index in [1.54, 1.807) is 26.0 Å². The Morgan fingerprint density at radius 3 is 2.57 bits per heavy atom. The maximum atomic E-state index is 12.1. The highest BCUT2D eigenvalue weighted by atomic mass is 16.4. The van der Waals surface area contributed by atoms with Crippen molar-refractivity contribution in [3.8, 4) is 0 Å². The zero-order chi connectivity index (χ0) is 17.0. The van der Waals surface area contributed by atoms with Crippen LogP contribution >= 0.6 is 0 Å². The molecular weight excluding hydrogens is 294 g/mol. The highest BCUT2D eigenvalue weighted by Gasteiger charge is 2.27. The molecule has 1 heterocycles. The molecule has 1 aromatic heterocycles. The molecule has 0 aliphatic carbocycles. The summed E-state index contributed by atoms with van der Waals surface area (Å²) < 4.78 is 5.42. The van der Waals surface area contributed by atoms with Crippen LogP contribution in [0.1, 0.15) is 18.4 Å². The molecule has 6 heteroatoms. The fourth-order valence-corrected chi connectivity index (χ4v) is 2.20. The number of hydrogen-bond acceptors (Lipinski definition) is 4. The van der Waals surface area contributed by atoms with E-state index in [9.17, 15) is 9.90 Å². The Kier molecular flexibility index (Phi) is 4.95. The fourth-order valence-electron chi connectivity index (χ4n) is 2.20. The summed E-state index contributed by atoms with van der Waals surface area (Å²) in [6.45, 7) is 3.44. The molecule has 0 saturated carbocycles. The first-order valence-electron chi connectivity index (χ1n) is 7.40. The number of amides is 2. The summed E-state index contributed by atoms with van der Waals surface area (Å²) in [5, 5.41) is 15.9. The smallest absolute Gasteiger partial charge is 0.319 e. The van der Waals surface area contributed by atoms with Crippen LogP contribution in [0.5, 0.6) is 0 Å². The van der Waals surface area contributed by atoms with E-state index < -0.39 is 5.60 Å². The van der Waals surface area contributed by atoms with Crippen molar-refractivity contribution in [1.29, 1.82) is 0 Å². The van der Waals surface area contributed by atoms with Gasteiger partial charge in [-0.3, -0.25) is 0 Å². The number of nitrogens with one attached hydrogen (secondary N) is 2. The summed E-state index contributed by atoms with van der Waals surface area (Å²) in [5.41, 5.74) is 0.326. The molecule has 1 unspecified atom stereocenters. The lowest BCUT2D eigenvalue weighted by molar-refractivity contribution is 0.0364. The van der Waals surface area contributed by atoms with Crippen molar-refractivity contribution < 1.29 is 14.3 Å². The third-order valence-electron chi connectivity index (χ3n) is 3.50. The topological polar surface area (TPSA) is 77.7 Å². The third kappa shape index (κ3) is 4.26. The zero-order valence-corrected chi connectivity index (χ0v) is 13.9. The van der Waals surface area contributed by atoms with Crippen molar-refractivity contribution in [2.45, 2.75) is 19.4 Å². The van der Waals surface area contributed by atoms with Crippen molar-refractivity contribution in [3.63, 3.8) is 0 Å². The number of aryl methyl sites for hydroxylation is 1. The van der Waals surface area contributed by atoms with Crippen LogP contribution in [0, 0.1) is 6.92 Å². The average Bonchev–Trinajstić information content (AvgIpc) is 2.93. The number of anilines is 2. The second-order valence-corrected chi connectivity index (χ2v) is 5.90. The molecule has 0 spiro atoms. The van der Waals surface area contributed by atoms with Gasteiger partial charge < -0.3 is 25.1 Å². The lowest BCUT2D eigenvalue weighted by Crippen LogP contribution is -2.40. The standard InChI is InChI=1S/C17H23N3O3/c1-12-9-10-15(23-12)17(2,22)11-18-16(21)19-13-7-5-6-8-14(13)20(3)4/h5-10,22H,11H2,1-4H3,(H2,18,19,21). The van der Waals surface area contributed by atoms with Crippen LogP contribution in [0.25, 0.3) is 0 Å². The Hall–Kier alpha value is -2.47. The number of benzene rings is 1. The van der Waals surface area contributed by atoms with E-state index in [1.807, 2.05) is 43.3 Å². The lowest BCUT2D eigenvalue weighted by Gasteiger charge is -2.22. The van der Waals surface area contributed by atoms with Crippen LogP contribution in [0.15, 0.2) is 40.8 Å². The predicted molar refractivity (Wildman–Crippen MR) is 90.8 cm³/mol. The molecule has 2 amide bonds. The molecule has 23 heavy (non-hydrogen) atoms. The van der Waals surface area contributed by atoms with Gasteiger partial charge in [-0.05, 0) is 38.1 Å². The minimum absolute atomic E-state index is 0.0376. The number of aliphatic hydroxyl groups is 1. The first-order chi connectivity index (χ1) is 10.8. The van der Waals surface area contributed by atoms with Gasteiger partial charge in [-0.2, -0.15) is 0 Å². The van der Waals surface area contributed by atoms with E-state index in [0.717, 1.165) is 5.69 Å². The number of nitrogens with zero attached hydrogens (tertiary/aromatic N) is 1. The van der Waals surface area contributed by atoms with Crippen LogP contribution in [0.4, 0.5) is 16.2 Å². The van der Waals surface area contributed by atoms with Gasteiger partial charge in [0, 0.05) is 14.1 Å². The normalized spacial score (nSPS) is 13.3. The molecule has 6 nitrogen and oxygen atoms in total. The third-order valence-corrected chi connectivity index (χ3v) is 3.50. The summed E-state index contributed by atoms with van der Waals surface area (Å²) in [4.78, 5) is 14.0. The van der Waals surface area contributed by atoms with Crippen LogP contribution < -0.4 is 15.5 Å². The van der Waals surface area contributed by atoms with E-state index in [0.29, 0.717) is 17.2 Å². The Morgan fingerprint density at radius 2 is 1.96 bits per heavy atom. The molecule has 2 aromatic rings. The Balaban J connectivity index is 1.98. The van der Waals surface area contributed by atoms with Crippen molar-refractivity contribution in [2.75, 3.05) is 30.9 Å². The van der Waals surface area contributed by atoms with Gasteiger partial charge in [-0.1, -0.05) is 12.1 Å². The summed E-state index contributed by atoms with van der Waals surface area (Å²) in [6.07, 6.45) is 0. The van der Waals surface area contributed by atoms with Crippen LogP contribution in [-0.2, 0) is 5.60 Å². The monoisotopic (exact) mass is 317 g/mol. The maximum Gasteiger partial charge on any atom is 0.319 e. The highest BCUT2D eigenvalue weighted by molar-refractivity contribution is 5.93. The molecule has 2 rings (SSSR count). The van der Waals surface area contributed by atoms with Crippen LogP contribution in [0.2, 0.25) is 0 Å². The summed E-state index contributed by atoms with van der Waals surface area (Å²) in [6, 6.07) is 10.6. The molecule has 0 aliphatic rings. The van der Waals surface area contributed by atoms with Gasteiger partial charge in [0.1, 0.15) is 17.1 Å². The fraction of sp³-hybridized carbons (Fsp3) is 0.353. The average molecular weight is 317 g/mol. The number of carbonyl (C=O) groups is 1. The molecule has 0 fully saturated rings. The van der Waals surface area contributed by atoms with Crippen molar-refractivity contribution in [3.05, 3.63) is 47.9 Å². The van der Waals surface area contributed by atoms with E-state index in [2.05, 4.69) is 10.6 Å². The van der Waals surface area contributed by atoms with E-state index >= 15 is 0 Å². The molecular formula is C17H23N3O3. The van der Waals surface area contributed by atoms with Gasteiger partial charge in [0.15, 0.2) is 0 Å². The van der Waals surface area contributed by atoms with Crippen molar-refractivity contribution >= 4 is 17.4 Å². The molecule has 0 saturated heterocycles. The maximum absolute atomic E-state index is 12.1. The van der Waals surface area contributed by atoms with Gasteiger partial charge in [0.2, 0.25) is 0 Å². The van der Waals surface area contributed by atoms with Crippen LogP contribution in [-0.4, -0.2) is 31.8 Å². The number of rotatable bonds is 5. The predicted octanol–water partition coefficient (Wildman–Crippen LogP) is 2.68. The summed E-state index contributed by atoms with van der Waals surface area (Å²) in [7, 11) is 3.81. The van der Waals surface area contributed by atoms with Crippen LogP contribution in [0.3, 0.4) is 0 Å². The Bertz CT molecular complexity index is 677. The number of urea groups is 1. The molecule has 124 valence electrons. The first-order valence-corrected chi connectivity index (χ1v) is 7.40. The second-order valence-electron chi connectivity index (χ2n) is 5.90. The molecule has 0 bridgehead atoms. The second kappa shape index (κ2) is 6.75. The summed E-state index contributed by atoms with van der Waals surface area (Å²) in [5.74, 6) is 1.13. The van der Waals surface area contributed by atoms with Crippen molar-refractivity contribution in [1.82, 2.24) is 5.32 Å². The molecule has 0 aliphatic heterocycles. The molecule has 1 aromatic carbocycles. The zero-order valence-electron chi connectivity index (χ0n) is 13.9. The molecule has 3 N–H and O–H groups in total. The minimum Gasteiger partial charge on any atom is -0.463 e. The number of para-hydroxylation sites is 2. The molecule has 1 atom stereocenters. The first kappa shape index (κ1) is 16.9. The largest absolute Gasteiger partial charge is 0.463 e. The van der Waals surface area contributed by atoms with E-state index in [1.165, 1.54) is 0 Å². The van der Waals surface area contributed by atoms with Gasteiger partial charge in [-0.15, -0.1) is 0 Å². The highest BCUT2D eigenvalue weighted by Crippen LogP contribution is 2.24. The number of carbonyl (C=O) groups excluding carboxylic acids is 1. The number of furan rings is 1.